The van der Waals surface area contributed by atoms with Crippen molar-refractivity contribution in [3.63, 3.8) is 0 Å². The second-order valence-electron chi connectivity index (χ2n) is 7.33. The number of aliphatic hydroxyl groups is 1. The fourth-order valence-electron chi connectivity index (χ4n) is 5.35. The molecule has 0 bridgehead atoms. The van der Waals surface area contributed by atoms with Gasteiger partial charge in [-0.15, -0.1) is 0 Å². The summed E-state index contributed by atoms with van der Waals surface area (Å²) in [5.41, 5.74) is 5.33. The van der Waals surface area contributed by atoms with Gasteiger partial charge < -0.3 is 11.5 Å². The molecule has 0 aromatic carbocycles. The van der Waals surface area contributed by atoms with Crippen molar-refractivity contribution in [1.29, 1.82) is 0 Å². The van der Waals surface area contributed by atoms with Gasteiger partial charge in [0.25, 0.3) is 0 Å². The second kappa shape index (κ2) is 6.74. The summed E-state index contributed by atoms with van der Waals surface area (Å²) in [6.45, 7) is 2.33. The number of hydrogen-bond acceptors (Lipinski definition) is 1. The molecule has 4 atom stereocenters. The van der Waals surface area contributed by atoms with Gasteiger partial charge in [-0.3, -0.25) is 0 Å². The van der Waals surface area contributed by atoms with Crippen LogP contribution in [-0.2, 0) is 42.1 Å². The Hall–Kier alpha value is 0.817. The predicted octanol–water partition coefficient (Wildman–Crippen LogP) is 4.18. The molecular weight excluding hydrogens is 424 g/mol. The average Bonchev–Trinajstić information content (AvgIpc) is 2.75. The van der Waals surface area contributed by atoms with Crippen LogP contribution >= 0.6 is 0 Å². The molecule has 0 amide bonds. The summed E-state index contributed by atoms with van der Waals surface area (Å²) in [5, 5.41) is 10.4. The van der Waals surface area contributed by atoms with Crippen molar-refractivity contribution in [3.05, 3.63) is 29.2 Å². The van der Waals surface area contributed by atoms with E-state index in [0.29, 0.717) is 0 Å². The molecule has 4 rings (SSSR count). The molecule has 0 radical (unpaired) electrons. The molecule has 1 N–H and O–H groups in total. The maximum atomic E-state index is 10.4. The third kappa shape index (κ3) is 2.75. The molecule has 1 fully saturated rings. The van der Waals surface area contributed by atoms with Crippen molar-refractivity contribution < 1.29 is 47.2 Å². The van der Waals surface area contributed by atoms with Crippen LogP contribution in [0.4, 0.5) is 0 Å². The third-order valence-electron chi connectivity index (χ3n) is 6.53. The van der Waals surface area contributed by atoms with Gasteiger partial charge in [-0.2, -0.15) is 12.8 Å². The van der Waals surface area contributed by atoms with Crippen LogP contribution in [0.1, 0.15) is 58.3 Å². The zero-order valence-electron chi connectivity index (χ0n) is 12.8. The van der Waals surface area contributed by atoms with Crippen LogP contribution in [0.15, 0.2) is 22.8 Å². The van der Waals surface area contributed by atoms with E-state index in [4.69, 9.17) is 0 Å². The van der Waals surface area contributed by atoms with Crippen LogP contribution in [0.5, 0.6) is 0 Å². The fraction of sp³-hybridized carbons (Fsp3) is 0.722. The van der Waals surface area contributed by atoms with Crippen LogP contribution < -0.4 is 0 Å². The Balaban J connectivity index is 0.000000807. The van der Waals surface area contributed by atoms with Crippen LogP contribution in [0.3, 0.4) is 0 Å². The normalized spacial score (nSPS) is 41.0. The minimum absolute atomic E-state index is 0. The minimum atomic E-state index is -0.0645. The Morgan fingerprint density at radius 1 is 1.19 bits per heavy atom. The Kier molecular flexibility index (Phi) is 5.83. The van der Waals surface area contributed by atoms with Gasteiger partial charge in [0.05, 0.1) is 6.10 Å². The number of allylic oxidation sites excluding steroid dienone is 4. The second-order valence-corrected chi connectivity index (χ2v) is 7.33. The summed E-state index contributed by atoms with van der Waals surface area (Å²) in [5.74, 6) is 1.50. The molecule has 0 aromatic heterocycles. The first-order valence-corrected chi connectivity index (χ1v) is 8.11. The maximum Gasteiger partial charge on any atom is 0.0599 e. The van der Waals surface area contributed by atoms with Gasteiger partial charge in [-0.25, -0.2) is 0 Å². The van der Waals surface area contributed by atoms with Gasteiger partial charge in [0.1, 0.15) is 0 Å². The van der Waals surface area contributed by atoms with Crippen molar-refractivity contribution in [2.24, 2.45) is 17.3 Å². The van der Waals surface area contributed by atoms with Gasteiger partial charge in [0, 0.05) is 47.5 Å². The van der Waals surface area contributed by atoms with Crippen LogP contribution in [0.2, 0.25) is 0 Å². The molecule has 4 aliphatic carbocycles. The molecule has 0 saturated heterocycles. The molecular formula is C18H25Mo2O-. The topological polar surface area (TPSA) is 20.2 Å². The van der Waals surface area contributed by atoms with E-state index in [1.807, 2.05) is 0 Å². The molecule has 116 valence electrons. The Morgan fingerprint density at radius 3 is 2.81 bits per heavy atom. The predicted molar refractivity (Wildman–Crippen MR) is 77.4 cm³/mol. The van der Waals surface area contributed by atoms with Crippen molar-refractivity contribution in [2.75, 3.05) is 0 Å². The average molecular weight is 449 g/mol. The largest absolute Gasteiger partial charge is 0.393 e. The van der Waals surface area contributed by atoms with Crippen LogP contribution in [0, 0.1) is 23.7 Å². The molecule has 0 aliphatic heterocycles. The third-order valence-corrected chi connectivity index (χ3v) is 6.53. The molecule has 1 saturated carbocycles. The molecule has 21 heavy (non-hydrogen) atoms. The summed E-state index contributed by atoms with van der Waals surface area (Å²) < 4.78 is 0. The number of rotatable bonds is 0. The maximum absolute atomic E-state index is 10.4. The van der Waals surface area contributed by atoms with Crippen LogP contribution in [0.25, 0.3) is 0 Å². The summed E-state index contributed by atoms with van der Waals surface area (Å²) in [4.78, 5) is 0. The Morgan fingerprint density at radius 2 is 2.00 bits per heavy atom. The monoisotopic (exact) mass is 453 g/mol. The summed E-state index contributed by atoms with van der Waals surface area (Å²) >= 11 is 0. The van der Waals surface area contributed by atoms with Gasteiger partial charge in [-0.1, -0.05) is 30.6 Å². The summed E-state index contributed by atoms with van der Waals surface area (Å²) in [7, 11) is 0. The Labute approximate surface area is 157 Å². The van der Waals surface area contributed by atoms with Gasteiger partial charge in [0.15, 0.2) is 0 Å². The standard InChI is InChI=1S/C18H25O.2Mo/c1-18-11-10-14-13-5-3-2-4-12(13)6-7-15(14)16(18)8-9-17(18)19;;/h2,10,15-17,19H,3-9,11H2,1H3;;/q-1;;/t15-,16?,17+,18+;;/m1../s1. The molecule has 0 spiro atoms. The van der Waals surface area contributed by atoms with Crippen molar-refractivity contribution in [2.45, 2.75) is 64.4 Å². The molecule has 1 nitrogen and oxygen atoms in total. The number of fused-ring (bicyclic) bond motifs is 4. The zero-order chi connectivity index (χ0) is 13.0. The van der Waals surface area contributed by atoms with E-state index in [1.54, 1.807) is 16.7 Å². The van der Waals surface area contributed by atoms with E-state index < -0.39 is 0 Å². The number of hydrogen-bond donors (Lipinski definition) is 1. The summed E-state index contributed by atoms with van der Waals surface area (Å²) in [6.07, 6.45) is 14.7. The minimum Gasteiger partial charge on any atom is -0.393 e. The quantitative estimate of drug-likeness (QED) is 0.435. The smallest absolute Gasteiger partial charge is 0.0599 e. The molecule has 4 aliphatic rings. The summed E-state index contributed by atoms with van der Waals surface area (Å²) in [6, 6.07) is 0. The Bertz CT molecular complexity index is 468. The van der Waals surface area contributed by atoms with Gasteiger partial charge in [-0.05, 0) is 49.5 Å². The molecule has 0 aromatic rings. The first kappa shape index (κ1) is 18.2. The SMILES string of the molecule is C[C@]12CC=C3C4=C(C[CH-]CC4)CC[C@H]3C1CC[C@@H]2O.[Mo].[Mo]. The van der Waals surface area contributed by atoms with Crippen LogP contribution in [-0.4, -0.2) is 11.2 Å². The van der Waals surface area contributed by atoms with E-state index in [9.17, 15) is 5.11 Å². The van der Waals surface area contributed by atoms with Gasteiger partial charge >= 0.3 is 0 Å². The van der Waals surface area contributed by atoms with E-state index in [0.717, 1.165) is 24.7 Å². The van der Waals surface area contributed by atoms with E-state index in [2.05, 4.69) is 19.4 Å². The van der Waals surface area contributed by atoms with Gasteiger partial charge in [0.2, 0.25) is 0 Å². The van der Waals surface area contributed by atoms with E-state index >= 15 is 0 Å². The van der Waals surface area contributed by atoms with Crippen molar-refractivity contribution >= 4 is 0 Å². The molecule has 3 heteroatoms. The molecule has 0 heterocycles. The molecule has 1 unspecified atom stereocenters. The van der Waals surface area contributed by atoms with Crippen molar-refractivity contribution in [3.8, 4) is 0 Å². The van der Waals surface area contributed by atoms with Crippen molar-refractivity contribution in [1.82, 2.24) is 0 Å². The fourth-order valence-corrected chi connectivity index (χ4v) is 5.35. The zero-order valence-corrected chi connectivity index (χ0v) is 16.8. The van der Waals surface area contributed by atoms with E-state index in [-0.39, 0.29) is 53.6 Å². The first-order valence-electron chi connectivity index (χ1n) is 8.11. The number of aliphatic hydroxyl groups excluding tert-OH is 1. The van der Waals surface area contributed by atoms with E-state index in [1.165, 1.54) is 38.5 Å². The first-order chi connectivity index (χ1) is 9.20.